The second-order valence-corrected chi connectivity index (χ2v) is 6.10. The van der Waals surface area contributed by atoms with Crippen LogP contribution in [0.25, 0.3) is 5.70 Å². The Balaban J connectivity index is 1.71. The van der Waals surface area contributed by atoms with E-state index < -0.39 is 0 Å². The van der Waals surface area contributed by atoms with E-state index in [-0.39, 0.29) is 5.50 Å². The Kier molecular flexibility index (Phi) is 2.50. The number of rotatable bonds is 1. The molecule has 0 bridgehead atoms. The van der Waals surface area contributed by atoms with E-state index in [1.165, 1.54) is 10.6 Å². The summed E-state index contributed by atoms with van der Waals surface area (Å²) in [6.45, 7) is 0. The zero-order valence-electron chi connectivity index (χ0n) is 10.0. The SMILES string of the molecule is Clc1ccc(C2=CN3c4ccccc4S[C@@H]3N2)cc1. The van der Waals surface area contributed by atoms with Crippen LogP contribution in [0.15, 0.2) is 59.6 Å². The average Bonchev–Trinajstić information content (AvgIpc) is 2.97. The van der Waals surface area contributed by atoms with Crippen molar-refractivity contribution in [1.82, 2.24) is 5.32 Å². The van der Waals surface area contributed by atoms with E-state index >= 15 is 0 Å². The lowest BCUT2D eigenvalue weighted by atomic mass is 10.2. The van der Waals surface area contributed by atoms with Crippen LogP contribution in [0.5, 0.6) is 0 Å². The molecule has 0 saturated heterocycles. The minimum absolute atomic E-state index is 0.267. The van der Waals surface area contributed by atoms with Gasteiger partial charge in [0.15, 0.2) is 5.50 Å². The van der Waals surface area contributed by atoms with Crippen molar-refractivity contribution in [2.75, 3.05) is 4.90 Å². The molecule has 0 amide bonds. The normalized spacial score (nSPS) is 19.7. The fourth-order valence-electron chi connectivity index (χ4n) is 2.41. The van der Waals surface area contributed by atoms with Crippen LogP contribution >= 0.6 is 23.4 Å². The van der Waals surface area contributed by atoms with Gasteiger partial charge in [-0.2, -0.15) is 0 Å². The lowest BCUT2D eigenvalue weighted by Gasteiger charge is -2.15. The number of hydrogen-bond donors (Lipinski definition) is 1. The van der Waals surface area contributed by atoms with Crippen LogP contribution in [0.2, 0.25) is 5.02 Å². The van der Waals surface area contributed by atoms with Gasteiger partial charge in [-0.25, -0.2) is 0 Å². The predicted octanol–water partition coefficient (Wildman–Crippen LogP) is 4.14. The van der Waals surface area contributed by atoms with Gasteiger partial charge in [-0.1, -0.05) is 47.6 Å². The molecule has 0 spiro atoms. The molecular weight excluding hydrogens is 276 g/mol. The molecule has 2 aromatic carbocycles. The van der Waals surface area contributed by atoms with Gasteiger partial charge in [-0.05, 0) is 29.8 Å². The summed E-state index contributed by atoms with van der Waals surface area (Å²) in [6, 6.07) is 16.4. The molecule has 2 aliphatic heterocycles. The van der Waals surface area contributed by atoms with Crippen molar-refractivity contribution in [3.63, 3.8) is 0 Å². The molecule has 4 rings (SSSR count). The molecule has 0 unspecified atom stereocenters. The Hall–Kier alpha value is -1.58. The van der Waals surface area contributed by atoms with Crippen LogP contribution in [0.3, 0.4) is 0 Å². The third-order valence-electron chi connectivity index (χ3n) is 3.34. The standard InChI is InChI=1S/C15H11ClN2S/c16-11-7-5-10(6-8-11)12-9-18-13-3-1-2-4-14(13)19-15(18)17-12/h1-9,15,17H/t15-/m1/s1. The molecule has 0 aromatic heterocycles. The maximum Gasteiger partial charge on any atom is 0.156 e. The van der Waals surface area contributed by atoms with E-state index in [2.05, 4.69) is 40.7 Å². The monoisotopic (exact) mass is 286 g/mol. The number of nitrogens with zero attached hydrogens (tertiary/aromatic N) is 1. The molecule has 94 valence electrons. The van der Waals surface area contributed by atoms with E-state index in [1.807, 2.05) is 36.0 Å². The number of hydrogen-bond acceptors (Lipinski definition) is 3. The second-order valence-electron chi connectivity index (χ2n) is 4.54. The summed E-state index contributed by atoms with van der Waals surface area (Å²) in [6.07, 6.45) is 2.17. The highest BCUT2D eigenvalue weighted by Gasteiger charge is 2.33. The molecule has 2 heterocycles. The van der Waals surface area contributed by atoms with Crippen LogP contribution < -0.4 is 10.2 Å². The first kappa shape index (κ1) is 11.3. The quantitative estimate of drug-likeness (QED) is 0.848. The third kappa shape index (κ3) is 1.81. The Morgan fingerprint density at radius 2 is 1.84 bits per heavy atom. The lowest BCUT2D eigenvalue weighted by Crippen LogP contribution is -2.28. The number of fused-ring (bicyclic) bond motifs is 3. The topological polar surface area (TPSA) is 15.3 Å². The molecule has 2 aliphatic rings. The fraction of sp³-hybridized carbons (Fsp3) is 0.0667. The van der Waals surface area contributed by atoms with E-state index in [9.17, 15) is 0 Å². The van der Waals surface area contributed by atoms with Gasteiger partial charge in [0.2, 0.25) is 0 Å². The summed E-state index contributed by atoms with van der Waals surface area (Å²) in [5, 5.41) is 4.31. The molecule has 0 radical (unpaired) electrons. The molecule has 0 saturated carbocycles. The highest BCUT2D eigenvalue weighted by molar-refractivity contribution is 8.00. The van der Waals surface area contributed by atoms with Gasteiger partial charge in [-0.15, -0.1) is 0 Å². The number of para-hydroxylation sites is 1. The summed E-state index contributed by atoms with van der Waals surface area (Å²) in [5.41, 5.74) is 3.84. The number of nitrogens with one attached hydrogen (secondary N) is 1. The molecule has 19 heavy (non-hydrogen) atoms. The summed E-state index contributed by atoms with van der Waals surface area (Å²) < 4.78 is 0. The van der Waals surface area contributed by atoms with Gasteiger partial charge < -0.3 is 10.2 Å². The largest absolute Gasteiger partial charge is 0.354 e. The van der Waals surface area contributed by atoms with E-state index in [4.69, 9.17) is 11.6 Å². The van der Waals surface area contributed by atoms with Gasteiger partial charge in [0.25, 0.3) is 0 Å². The van der Waals surface area contributed by atoms with Crippen LogP contribution in [0.1, 0.15) is 5.56 Å². The zero-order chi connectivity index (χ0) is 12.8. The van der Waals surface area contributed by atoms with Gasteiger partial charge >= 0.3 is 0 Å². The van der Waals surface area contributed by atoms with Gasteiger partial charge in [0.05, 0.1) is 11.4 Å². The number of halogens is 1. The number of benzene rings is 2. The molecule has 2 aromatic rings. The Morgan fingerprint density at radius 1 is 1.05 bits per heavy atom. The van der Waals surface area contributed by atoms with E-state index in [1.54, 1.807) is 0 Å². The maximum absolute atomic E-state index is 5.93. The van der Waals surface area contributed by atoms with Crippen molar-refractivity contribution in [3.8, 4) is 0 Å². The van der Waals surface area contributed by atoms with Crippen LogP contribution in [0.4, 0.5) is 5.69 Å². The first-order valence-corrected chi connectivity index (χ1v) is 7.35. The predicted molar refractivity (Wildman–Crippen MR) is 81.1 cm³/mol. The van der Waals surface area contributed by atoms with Crippen molar-refractivity contribution in [1.29, 1.82) is 0 Å². The summed E-state index contributed by atoms with van der Waals surface area (Å²) in [5.74, 6) is 0. The number of anilines is 1. The highest BCUT2D eigenvalue weighted by Crippen LogP contribution is 2.45. The van der Waals surface area contributed by atoms with Gasteiger partial charge in [0.1, 0.15) is 0 Å². The van der Waals surface area contributed by atoms with Crippen LogP contribution in [0, 0.1) is 0 Å². The fourth-order valence-corrected chi connectivity index (χ4v) is 3.70. The molecule has 4 heteroatoms. The molecule has 1 N–H and O–H groups in total. The van der Waals surface area contributed by atoms with E-state index in [0.717, 1.165) is 16.3 Å². The Bertz CT molecular complexity index is 666. The first-order valence-electron chi connectivity index (χ1n) is 6.09. The Morgan fingerprint density at radius 3 is 2.68 bits per heavy atom. The molecule has 0 fully saturated rings. The number of thioether (sulfide) groups is 1. The van der Waals surface area contributed by atoms with Crippen molar-refractivity contribution >= 4 is 34.7 Å². The van der Waals surface area contributed by atoms with Crippen LogP contribution in [-0.4, -0.2) is 5.50 Å². The average molecular weight is 287 g/mol. The first-order chi connectivity index (χ1) is 9.31. The lowest BCUT2D eigenvalue weighted by molar-refractivity contribution is 0.859. The van der Waals surface area contributed by atoms with Crippen molar-refractivity contribution in [2.45, 2.75) is 10.4 Å². The zero-order valence-corrected chi connectivity index (χ0v) is 11.6. The van der Waals surface area contributed by atoms with Crippen molar-refractivity contribution in [3.05, 3.63) is 65.3 Å². The van der Waals surface area contributed by atoms with Gasteiger partial charge in [-0.3, -0.25) is 0 Å². The van der Waals surface area contributed by atoms with Gasteiger partial charge in [0, 0.05) is 16.1 Å². The molecule has 2 nitrogen and oxygen atoms in total. The maximum atomic E-state index is 5.93. The van der Waals surface area contributed by atoms with Crippen molar-refractivity contribution in [2.24, 2.45) is 0 Å². The smallest absolute Gasteiger partial charge is 0.156 e. The minimum atomic E-state index is 0.267. The van der Waals surface area contributed by atoms with E-state index in [0.29, 0.717) is 0 Å². The molecule has 1 atom stereocenters. The summed E-state index contributed by atoms with van der Waals surface area (Å²) in [4.78, 5) is 3.61. The van der Waals surface area contributed by atoms with Crippen molar-refractivity contribution < 1.29 is 0 Å². The summed E-state index contributed by atoms with van der Waals surface area (Å²) >= 11 is 7.77. The summed E-state index contributed by atoms with van der Waals surface area (Å²) in [7, 11) is 0. The third-order valence-corrected chi connectivity index (χ3v) is 4.76. The second kappa shape index (κ2) is 4.22. The van der Waals surface area contributed by atoms with Crippen LogP contribution in [-0.2, 0) is 0 Å². The minimum Gasteiger partial charge on any atom is -0.354 e. The highest BCUT2D eigenvalue weighted by atomic mass is 35.5. The Labute approximate surface area is 121 Å². The molecule has 0 aliphatic carbocycles. The molecular formula is C15H11ClN2S.